The van der Waals surface area contributed by atoms with Gasteiger partial charge in [0, 0.05) is 23.9 Å². The second-order valence-electron chi connectivity index (χ2n) is 5.19. The first kappa shape index (κ1) is 19.1. The molecule has 0 bridgehead atoms. The van der Waals surface area contributed by atoms with E-state index in [9.17, 15) is 9.59 Å². The number of azide groups is 1. The molecule has 0 radical (unpaired) electrons. The molecule has 10 nitrogen and oxygen atoms in total. The summed E-state index contributed by atoms with van der Waals surface area (Å²) in [5.41, 5.74) is 8.67. The van der Waals surface area contributed by atoms with Crippen molar-refractivity contribution >= 4 is 22.8 Å². The molecule has 26 heavy (non-hydrogen) atoms. The van der Waals surface area contributed by atoms with Crippen LogP contribution in [0.15, 0.2) is 22.0 Å². The van der Waals surface area contributed by atoms with Crippen LogP contribution in [0.2, 0.25) is 0 Å². The first-order valence-corrected chi connectivity index (χ1v) is 7.93. The van der Waals surface area contributed by atoms with Crippen molar-refractivity contribution in [3.05, 3.63) is 32.9 Å². The highest BCUT2D eigenvalue weighted by Gasteiger charge is 2.15. The van der Waals surface area contributed by atoms with Crippen molar-refractivity contribution in [2.24, 2.45) is 5.11 Å². The molecule has 2 rings (SSSR count). The summed E-state index contributed by atoms with van der Waals surface area (Å²) in [6, 6.07) is 3.06. The third kappa shape index (κ3) is 4.04. The molecular weight excluding hydrogens is 342 g/mol. The third-order valence-corrected chi connectivity index (χ3v) is 3.64. The van der Waals surface area contributed by atoms with E-state index >= 15 is 0 Å². The molecule has 0 atom stereocenters. The summed E-state index contributed by atoms with van der Waals surface area (Å²) in [6.45, 7) is 2.17. The van der Waals surface area contributed by atoms with Crippen LogP contribution in [0.25, 0.3) is 21.3 Å². The lowest BCUT2D eigenvalue weighted by Gasteiger charge is -2.12. The fraction of sp³-hybridized carbons (Fsp3) is 0.438. The fourth-order valence-corrected chi connectivity index (χ4v) is 2.47. The molecule has 0 unspecified atom stereocenters. The molecule has 0 N–H and O–H groups in total. The van der Waals surface area contributed by atoms with E-state index in [1.165, 1.54) is 30.9 Å². The third-order valence-electron chi connectivity index (χ3n) is 3.64. The van der Waals surface area contributed by atoms with Crippen molar-refractivity contribution < 1.29 is 19.0 Å². The number of hydrogen-bond donors (Lipinski definition) is 0. The number of aromatic nitrogens is 2. The maximum atomic E-state index is 12.8. The number of esters is 1. The number of rotatable bonds is 8. The standard InChI is InChI=1S/C16H19N5O5/c1-4-26-14(22)6-5-7-21-15(23)10-8-12(24-2)13(25-3)9-11(10)18-16(21)19-20-17/h8-9H,4-7H2,1-3H3. The fourth-order valence-electron chi connectivity index (χ4n) is 2.47. The Morgan fingerprint density at radius 2 is 2.00 bits per heavy atom. The highest BCUT2D eigenvalue weighted by Crippen LogP contribution is 2.30. The molecule has 1 heterocycles. The molecule has 1 aromatic heterocycles. The zero-order chi connectivity index (χ0) is 19.1. The van der Waals surface area contributed by atoms with E-state index in [1.807, 2.05) is 0 Å². The minimum atomic E-state index is -0.401. The number of ether oxygens (including phenoxy) is 3. The van der Waals surface area contributed by atoms with Crippen LogP contribution in [-0.2, 0) is 16.1 Å². The minimum Gasteiger partial charge on any atom is -0.493 e. The molecule has 1 aromatic carbocycles. The Labute approximate surface area is 148 Å². The molecule has 0 saturated carbocycles. The van der Waals surface area contributed by atoms with Crippen molar-refractivity contribution in [3.8, 4) is 11.5 Å². The maximum Gasteiger partial charge on any atom is 0.305 e. The van der Waals surface area contributed by atoms with Crippen LogP contribution in [0, 0.1) is 0 Å². The molecule has 0 fully saturated rings. The van der Waals surface area contributed by atoms with Crippen molar-refractivity contribution in [1.82, 2.24) is 9.55 Å². The molecule has 0 saturated heterocycles. The summed E-state index contributed by atoms with van der Waals surface area (Å²) in [6.07, 6.45) is 0.479. The first-order valence-electron chi connectivity index (χ1n) is 7.93. The lowest BCUT2D eigenvalue weighted by Crippen LogP contribution is -2.22. The number of benzene rings is 1. The van der Waals surface area contributed by atoms with E-state index in [2.05, 4.69) is 15.0 Å². The normalized spacial score (nSPS) is 10.3. The SMILES string of the molecule is CCOC(=O)CCCn1c(N=[N+]=[N-])nc2cc(OC)c(OC)cc2c1=O. The second kappa shape index (κ2) is 8.72. The Bertz CT molecular complexity index is 917. The van der Waals surface area contributed by atoms with E-state index in [0.29, 0.717) is 30.0 Å². The minimum absolute atomic E-state index is 0.0823. The molecule has 0 amide bonds. The Kier molecular flexibility index (Phi) is 6.40. The van der Waals surface area contributed by atoms with Crippen LogP contribution < -0.4 is 15.0 Å². The van der Waals surface area contributed by atoms with Crippen LogP contribution >= 0.6 is 0 Å². The van der Waals surface area contributed by atoms with Gasteiger partial charge in [-0.25, -0.2) is 4.98 Å². The summed E-state index contributed by atoms with van der Waals surface area (Å²) in [5.74, 6) is 0.347. The zero-order valence-corrected chi connectivity index (χ0v) is 14.8. The average Bonchev–Trinajstić information content (AvgIpc) is 2.63. The Morgan fingerprint density at radius 3 is 2.62 bits per heavy atom. The smallest absolute Gasteiger partial charge is 0.305 e. The van der Waals surface area contributed by atoms with Crippen LogP contribution in [0.4, 0.5) is 5.95 Å². The van der Waals surface area contributed by atoms with E-state index < -0.39 is 5.56 Å². The lowest BCUT2D eigenvalue weighted by atomic mass is 10.2. The molecule has 138 valence electrons. The van der Waals surface area contributed by atoms with Gasteiger partial charge in [-0.15, -0.1) is 0 Å². The maximum absolute atomic E-state index is 12.8. The zero-order valence-electron chi connectivity index (χ0n) is 14.8. The van der Waals surface area contributed by atoms with Gasteiger partial charge in [-0.1, -0.05) is 0 Å². The molecule has 10 heteroatoms. The Hall–Kier alpha value is -3.26. The van der Waals surface area contributed by atoms with Gasteiger partial charge in [0.15, 0.2) is 17.4 Å². The summed E-state index contributed by atoms with van der Waals surface area (Å²) in [7, 11) is 2.93. The van der Waals surface area contributed by atoms with Crippen LogP contribution in [0.3, 0.4) is 0 Å². The second-order valence-corrected chi connectivity index (χ2v) is 5.19. The summed E-state index contributed by atoms with van der Waals surface area (Å²) >= 11 is 0. The quantitative estimate of drug-likeness (QED) is 0.308. The predicted octanol–water partition coefficient (Wildman–Crippen LogP) is 2.70. The van der Waals surface area contributed by atoms with Crippen molar-refractivity contribution in [2.45, 2.75) is 26.3 Å². The van der Waals surface area contributed by atoms with Crippen LogP contribution in [-0.4, -0.2) is 36.3 Å². The van der Waals surface area contributed by atoms with Crippen LogP contribution in [0.5, 0.6) is 11.5 Å². The molecule has 0 aliphatic heterocycles. The largest absolute Gasteiger partial charge is 0.493 e. The van der Waals surface area contributed by atoms with Crippen LogP contribution in [0.1, 0.15) is 19.8 Å². The first-order chi connectivity index (χ1) is 12.5. The lowest BCUT2D eigenvalue weighted by molar-refractivity contribution is -0.143. The molecular formula is C16H19N5O5. The van der Waals surface area contributed by atoms with Gasteiger partial charge < -0.3 is 14.2 Å². The molecule has 0 spiro atoms. The van der Waals surface area contributed by atoms with Gasteiger partial charge in [-0.2, -0.15) is 0 Å². The highest BCUT2D eigenvalue weighted by atomic mass is 16.5. The number of nitrogens with zero attached hydrogens (tertiary/aromatic N) is 5. The van der Waals surface area contributed by atoms with Gasteiger partial charge in [-0.05, 0) is 30.1 Å². The van der Waals surface area contributed by atoms with E-state index in [-0.39, 0.29) is 30.3 Å². The van der Waals surface area contributed by atoms with E-state index in [0.717, 1.165) is 0 Å². The van der Waals surface area contributed by atoms with E-state index in [1.54, 1.807) is 6.92 Å². The van der Waals surface area contributed by atoms with Gasteiger partial charge in [-0.3, -0.25) is 14.2 Å². The van der Waals surface area contributed by atoms with Gasteiger partial charge in [0.25, 0.3) is 5.56 Å². The number of fused-ring (bicyclic) bond motifs is 1. The van der Waals surface area contributed by atoms with Gasteiger partial charge in [0.2, 0.25) is 0 Å². The highest BCUT2D eigenvalue weighted by molar-refractivity contribution is 5.82. The molecule has 0 aliphatic carbocycles. The molecule has 2 aromatic rings. The Morgan fingerprint density at radius 1 is 1.31 bits per heavy atom. The van der Waals surface area contributed by atoms with Crippen molar-refractivity contribution in [1.29, 1.82) is 0 Å². The van der Waals surface area contributed by atoms with Crippen molar-refractivity contribution in [3.63, 3.8) is 0 Å². The van der Waals surface area contributed by atoms with Gasteiger partial charge >= 0.3 is 5.97 Å². The number of methoxy groups -OCH3 is 2. The predicted molar refractivity (Wildman–Crippen MR) is 93.8 cm³/mol. The summed E-state index contributed by atoms with van der Waals surface area (Å²) < 4.78 is 16.5. The monoisotopic (exact) mass is 361 g/mol. The molecule has 0 aliphatic rings. The topological polar surface area (TPSA) is 128 Å². The summed E-state index contributed by atoms with van der Waals surface area (Å²) in [5, 5.41) is 3.78. The Balaban J connectivity index is 2.48. The number of hydrogen-bond acceptors (Lipinski definition) is 7. The number of carbonyl (C=O) groups is 1. The van der Waals surface area contributed by atoms with Crippen molar-refractivity contribution in [2.75, 3.05) is 20.8 Å². The van der Waals surface area contributed by atoms with Gasteiger partial charge in [0.1, 0.15) is 0 Å². The summed E-state index contributed by atoms with van der Waals surface area (Å²) in [4.78, 5) is 31.2. The average molecular weight is 361 g/mol. The van der Waals surface area contributed by atoms with E-state index in [4.69, 9.17) is 19.7 Å². The van der Waals surface area contributed by atoms with Gasteiger partial charge in [0.05, 0.1) is 31.7 Å². The number of carbonyl (C=O) groups excluding carboxylic acids is 1.